The monoisotopic (exact) mass is 506 g/mol. The molecule has 4 rings (SSSR count). The van der Waals surface area contributed by atoms with Crippen LogP contribution in [0.1, 0.15) is 37.1 Å². The van der Waals surface area contributed by atoms with Crippen LogP contribution in [0.4, 0.5) is 11.6 Å². The number of thiazole rings is 1. The third kappa shape index (κ3) is 5.46. The molecule has 1 aliphatic heterocycles. The first kappa shape index (κ1) is 23.9. The third-order valence-electron chi connectivity index (χ3n) is 5.61. The van der Waals surface area contributed by atoms with Gasteiger partial charge in [0.05, 0.1) is 37.7 Å². The molecule has 0 amide bonds. The zero-order valence-electron chi connectivity index (χ0n) is 18.6. The number of hydrogen-bond acceptors (Lipinski definition) is 8. The summed E-state index contributed by atoms with van der Waals surface area (Å²) in [5.74, 6) is 0.554. The molecule has 0 atom stereocenters. The Labute approximate surface area is 203 Å². The van der Waals surface area contributed by atoms with Crippen LogP contribution < -0.4 is 10.5 Å². The molecule has 176 valence electrons. The van der Waals surface area contributed by atoms with E-state index >= 15 is 0 Å². The van der Waals surface area contributed by atoms with Crippen LogP contribution in [-0.2, 0) is 10.0 Å². The maximum absolute atomic E-state index is 12.3. The number of aromatic nitrogens is 3. The fourth-order valence-electron chi connectivity index (χ4n) is 3.90. The molecule has 1 aromatic carbocycles. The van der Waals surface area contributed by atoms with E-state index in [0.29, 0.717) is 40.0 Å². The molecule has 8 nitrogen and oxygen atoms in total. The molecule has 0 spiro atoms. The average Bonchev–Trinajstić information content (AvgIpc) is 3.21. The number of halogens is 1. The van der Waals surface area contributed by atoms with Gasteiger partial charge in [-0.2, -0.15) is 0 Å². The van der Waals surface area contributed by atoms with Crippen molar-refractivity contribution >= 4 is 44.6 Å². The molecule has 1 fully saturated rings. The second kappa shape index (κ2) is 9.92. The number of likely N-dealkylation sites (tertiary alicyclic amines) is 1. The van der Waals surface area contributed by atoms with Gasteiger partial charge < -0.3 is 10.6 Å². The Hall–Kier alpha value is -2.27. The molecule has 33 heavy (non-hydrogen) atoms. The van der Waals surface area contributed by atoms with Crippen molar-refractivity contribution in [1.82, 2.24) is 19.9 Å². The van der Waals surface area contributed by atoms with E-state index in [0.717, 1.165) is 35.8 Å². The van der Waals surface area contributed by atoms with Crippen molar-refractivity contribution in [1.29, 1.82) is 0 Å². The van der Waals surface area contributed by atoms with Crippen LogP contribution in [0.3, 0.4) is 0 Å². The Morgan fingerprint density at radius 2 is 2.00 bits per heavy atom. The van der Waals surface area contributed by atoms with Crippen LogP contribution in [0.15, 0.2) is 30.5 Å². The lowest BCUT2D eigenvalue weighted by Crippen LogP contribution is -2.29. The van der Waals surface area contributed by atoms with Gasteiger partial charge in [-0.3, -0.25) is 4.72 Å². The smallest absolute Gasteiger partial charge is 0.232 e. The highest BCUT2D eigenvalue weighted by Gasteiger charge is 2.26. The largest absolute Gasteiger partial charge is 0.368 e. The molecule has 3 N–H and O–H groups in total. The quantitative estimate of drug-likeness (QED) is 0.486. The zero-order valence-corrected chi connectivity index (χ0v) is 21.0. The number of rotatable bonds is 7. The zero-order chi connectivity index (χ0) is 23.6. The first-order chi connectivity index (χ1) is 15.8. The topological polar surface area (TPSA) is 114 Å². The van der Waals surface area contributed by atoms with E-state index in [-0.39, 0.29) is 11.7 Å². The second-order valence-electron chi connectivity index (χ2n) is 8.20. The van der Waals surface area contributed by atoms with E-state index in [4.69, 9.17) is 22.3 Å². The van der Waals surface area contributed by atoms with Crippen molar-refractivity contribution in [3.63, 3.8) is 0 Å². The summed E-state index contributed by atoms with van der Waals surface area (Å²) in [6.45, 7) is 3.85. The van der Waals surface area contributed by atoms with Crippen molar-refractivity contribution in [2.75, 3.05) is 36.3 Å². The summed E-state index contributed by atoms with van der Waals surface area (Å²) in [6.07, 6.45) is 4.18. The first-order valence-corrected chi connectivity index (χ1v) is 13.7. The van der Waals surface area contributed by atoms with Crippen LogP contribution >= 0.6 is 22.9 Å². The highest BCUT2D eigenvalue weighted by molar-refractivity contribution is 7.92. The highest BCUT2D eigenvalue weighted by atomic mass is 35.5. The van der Waals surface area contributed by atoms with Crippen molar-refractivity contribution in [2.24, 2.45) is 0 Å². The Bertz CT molecular complexity index is 1240. The van der Waals surface area contributed by atoms with Crippen molar-refractivity contribution in [3.8, 4) is 21.8 Å². The number of nitrogens with one attached hydrogen (secondary N) is 1. The Balaban J connectivity index is 1.80. The molecular formula is C22H27ClN6O2S2. The third-order valence-corrected chi connectivity index (χ3v) is 8.73. The van der Waals surface area contributed by atoms with Crippen molar-refractivity contribution in [2.45, 2.75) is 32.1 Å². The SMILES string of the molecule is CCCS(=O)(=O)Nc1cccc(-c2nc(C3CCN(C)CC3)sc2-c2ccnc(N)n2)c1Cl. The van der Waals surface area contributed by atoms with Gasteiger partial charge in [0.1, 0.15) is 0 Å². The molecule has 3 heterocycles. The molecule has 2 aromatic heterocycles. The van der Waals surface area contributed by atoms with Gasteiger partial charge in [0.15, 0.2) is 0 Å². The maximum Gasteiger partial charge on any atom is 0.232 e. The number of nitrogens with two attached hydrogens (primary N) is 1. The summed E-state index contributed by atoms with van der Waals surface area (Å²) in [7, 11) is -1.36. The number of anilines is 2. The summed E-state index contributed by atoms with van der Waals surface area (Å²) in [5, 5.41) is 1.33. The van der Waals surface area contributed by atoms with Gasteiger partial charge in [0, 0.05) is 17.7 Å². The van der Waals surface area contributed by atoms with Gasteiger partial charge >= 0.3 is 0 Å². The number of sulfonamides is 1. The maximum atomic E-state index is 12.3. The van der Waals surface area contributed by atoms with E-state index in [1.165, 1.54) is 0 Å². The number of nitrogens with zero attached hydrogens (tertiary/aromatic N) is 4. The minimum absolute atomic E-state index is 0.0238. The van der Waals surface area contributed by atoms with E-state index in [1.807, 2.05) is 13.0 Å². The van der Waals surface area contributed by atoms with Gasteiger partial charge in [0.25, 0.3) is 0 Å². The van der Waals surface area contributed by atoms with Gasteiger partial charge in [-0.1, -0.05) is 30.7 Å². The molecule has 0 saturated carbocycles. The predicted molar refractivity (Wildman–Crippen MR) is 135 cm³/mol. The molecule has 0 bridgehead atoms. The normalized spacial score (nSPS) is 15.6. The molecule has 1 aliphatic rings. The summed E-state index contributed by atoms with van der Waals surface area (Å²) in [6, 6.07) is 7.08. The van der Waals surface area contributed by atoms with Crippen molar-refractivity contribution < 1.29 is 8.42 Å². The summed E-state index contributed by atoms with van der Waals surface area (Å²) >= 11 is 8.31. The number of hydrogen-bond donors (Lipinski definition) is 2. The van der Waals surface area contributed by atoms with Gasteiger partial charge in [-0.25, -0.2) is 23.4 Å². The lowest BCUT2D eigenvalue weighted by atomic mass is 9.98. The standard InChI is InChI=1S/C22H27ClN6O2S2/c1-3-13-33(30,31)28-16-6-4-5-15(18(16)23)19-20(17-7-10-25-22(24)26-17)32-21(27-19)14-8-11-29(2)12-9-14/h4-7,10,14,28H,3,8-9,11-13H2,1-2H3,(H2,24,25,26). The lowest BCUT2D eigenvalue weighted by molar-refractivity contribution is 0.255. The first-order valence-electron chi connectivity index (χ1n) is 10.8. The average molecular weight is 507 g/mol. The number of benzene rings is 1. The Morgan fingerprint density at radius 3 is 2.70 bits per heavy atom. The number of piperidine rings is 1. The van der Waals surface area contributed by atoms with Gasteiger partial charge in [-0.15, -0.1) is 11.3 Å². The lowest BCUT2D eigenvalue weighted by Gasteiger charge is -2.27. The van der Waals surface area contributed by atoms with Gasteiger partial charge in [0.2, 0.25) is 16.0 Å². The van der Waals surface area contributed by atoms with Crippen LogP contribution in [0.5, 0.6) is 0 Å². The fourth-order valence-corrected chi connectivity index (χ4v) is 6.59. The van der Waals surface area contributed by atoms with Crippen molar-refractivity contribution in [3.05, 3.63) is 40.5 Å². The Kier molecular flexibility index (Phi) is 7.18. The minimum Gasteiger partial charge on any atom is -0.368 e. The molecule has 3 aromatic rings. The van der Waals surface area contributed by atoms with E-state index in [9.17, 15) is 8.42 Å². The van der Waals surface area contributed by atoms with E-state index < -0.39 is 10.0 Å². The minimum atomic E-state index is -3.49. The van der Waals surface area contributed by atoms with Gasteiger partial charge in [-0.05, 0) is 51.5 Å². The summed E-state index contributed by atoms with van der Waals surface area (Å²) < 4.78 is 27.3. The molecule has 1 saturated heterocycles. The molecule has 0 aliphatic carbocycles. The Morgan fingerprint density at radius 1 is 1.24 bits per heavy atom. The van der Waals surface area contributed by atoms with Crippen LogP contribution in [0.2, 0.25) is 5.02 Å². The molecule has 11 heteroatoms. The molecule has 0 radical (unpaired) electrons. The van der Waals surface area contributed by atoms with Crippen LogP contribution in [0, 0.1) is 0 Å². The van der Waals surface area contributed by atoms with E-state index in [1.54, 1.807) is 35.7 Å². The second-order valence-corrected chi connectivity index (χ2v) is 11.4. The molecular weight excluding hydrogens is 480 g/mol. The fraction of sp³-hybridized carbons (Fsp3) is 0.409. The summed E-state index contributed by atoms with van der Waals surface area (Å²) in [4.78, 5) is 16.6. The van der Waals surface area contributed by atoms with E-state index in [2.05, 4.69) is 26.6 Å². The summed E-state index contributed by atoms with van der Waals surface area (Å²) in [5.41, 5.74) is 8.19. The molecule has 0 unspecified atom stereocenters. The van der Waals surface area contributed by atoms with Crippen LogP contribution in [-0.4, -0.2) is 54.2 Å². The predicted octanol–water partition coefficient (Wildman–Crippen LogP) is 4.46. The highest BCUT2D eigenvalue weighted by Crippen LogP contribution is 2.44. The number of nitrogen functional groups attached to an aromatic ring is 1. The van der Waals surface area contributed by atoms with Crippen LogP contribution in [0.25, 0.3) is 21.8 Å².